The lowest BCUT2D eigenvalue weighted by Gasteiger charge is -2.36. The van der Waals surface area contributed by atoms with Crippen molar-refractivity contribution in [3.05, 3.63) is 58.8 Å². The molecule has 2 heterocycles. The molecular weight excluding hydrogens is 358 g/mol. The molecule has 0 spiro atoms. The van der Waals surface area contributed by atoms with E-state index in [4.69, 9.17) is 9.15 Å². The molecule has 0 aliphatic carbocycles. The first-order chi connectivity index (χ1) is 13.3. The van der Waals surface area contributed by atoms with Crippen molar-refractivity contribution in [1.82, 2.24) is 15.5 Å². The van der Waals surface area contributed by atoms with E-state index in [1.54, 1.807) is 13.0 Å². The fourth-order valence-electron chi connectivity index (χ4n) is 3.63. The zero-order chi connectivity index (χ0) is 20.1. The summed E-state index contributed by atoms with van der Waals surface area (Å²) in [5, 5.41) is 21.1. The summed E-state index contributed by atoms with van der Waals surface area (Å²) in [4.78, 5) is 12.8. The summed E-state index contributed by atoms with van der Waals surface area (Å²) in [6.07, 6.45) is 1.20. The molecule has 4 rings (SSSR count). The van der Waals surface area contributed by atoms with Gasteiger partial charge in [-0.25, -0.2) is 0 Å². The van der Waals surface area contributed by atoms with Gasteiger partial charge in [-0.2, -0.15) is 0 Å². The number of fused-ring (bicyclic) bond motifs is 3. The molecule has 0 bridgehead atoms. The molecule has 0 saturated carbocycles. The Balaban J connectivity index is 1.81. The third kappa shape index (κ3) is 2.89. The van der Waals surface area contributed by atoms with Crippen LogP contribution in [0.15, 0.2) is 35.1 Å². The van der Waals surface area contributed by atoms with E-state index in [0.29, 0.717) is 16.9 Å². The van der Waals surface area contributed by atoms with Gasteiger partial charge in [-0.15, -0.1) is 10.2 Å². The van der Waals surface area contributed by atoms with E-state index in [1.807, 2.05) is 39.0 Å². The Bertz CT molecular complexity index is 1070. The molecule has 7 heteroatoms. The minimum atomic E-state index is -0.545. The van der Waals surface area contributed by atoms with Gasteiger partial charge in [0.2, 0.25) is 12.3 Å². The number of rotatable bonds is 3. The highest BCUT2D eigenvalue weighted by Crippen LogP contribution is 2.51. The number of aromatic hydroxyl groups is 1. The van der Waals surface area contributed by atoms with Crippen LogP contribution in [0.25, 0.3) is 11.1 Å². The molecule has 28 heavy (non-hydrogen) atoms. The van der Waals surface area contributed by atoms with Crippen LogP contribution in [-0.4, -0.2) is 21.2 Å². The lowest BCUT2D eigenvalue weighted by Crippen LogP contribution is -2.30. The first kappa shape index (κ1) is 18.0. The summed E-state index contributed by atoms with van der Waals surface area (Å²) < 4.78 is 11.2. The van der Waals surface area contributed by atoms with E-state index in [1.165, 1.54) is 6.39 Å². The summed E-state index contributed by atoms with van der Waals surface area (Å²) in [6.45, 7) is 7.81. The number of aromatic nitrogens is 2. The lowest BCUT2D eigenvalue weighted by atomic mass is 9.83. The lowest BCUT2D eigenvalue weighted by molar-refractivity contribution is 0.0942. The minimum Gasteiger partial charge on any atom is -0.506 e. The average Bonchev–Trinajstić information content (AvgIpc) is 3.12. The van der Waals surface area contributed by atoms with Gasteiger partial charge in [0.15, 0.2) is 0 Å². The van der Waals surface area contributed by atoms with Gasteiger partial charge in [-0.1, -0.05) is 23.8 Å². The van der Waals surface area contributed by atoms with Crippen LogP contribution in [0.2, 0.25) is 0 Å². The van der Waals surface area contributed by atoms with Crippen molar-refractivity contribution < 1.29 is 19.1 Å². The second-order valence-corrected chi connectivity index (χ2v) is 7.47. The zero-order valence-corrected chi connectivity index (χ0v) is 16.2. The molecule has 3 aromatic rings. The molecule has 1 aliphatic rings. The van der Waals surface area contributed by atoms with E-state index >= 15 is 0 Å². The van der Waals surface area contributed by atoms with E-state index in [-0.39, 0.29) is 23.7 Å². The maximum Gasteiger partial charge on any atom is 0.255 e. The molecule has 2 N–H and O–H groups in total. The smallest absolute Gasteiger partial charge is 0.255 e. The largest absolute Gasteiger partial charge is 0.506 e. The molecular formula is C21H21N3O4. The first-order valence-electron chi connectivity index (χ1n) is 8.98. The standard InChI is InChI=1S/C21H21N3O4/c1-11-5-6-14-13(7-11)18-15(28-21(14,3)4)8-12(2)17(19(18)25)20(26)22-9-16-24-23-10-27-16/h5-8,10,25H,9H2,1-4H3,(H,22,26). The van der Waals surface area contributed by atoms with Crippen LogP contribution in [0.4, 0.5) is 0 Å². The highest BCUT2D eigenvalue weighted by molar-refractivity contribution is 6.02. The third-order valence-corrected chi connectivity index (χ3v) is 4.95. The summed E-state index contributed by atoms with van der Waals surface area (Å²) in [6, 6.07) is 7.82. The van der Waals surface area contributed by atoms with Gasteiger partial charge in [0.1, 0.15) is 17.1 Å². The maximum absolute atomic E-state index is 12.8. The molecule has 0 atom stereocenters. The van der Waals surface area contributed by atoms with Crippen molar-refractivity contribution in [3.63, 3.8) is 0 Å². The van der Waals surface area contributed by atoms with Crippen molar-refractivity contribution >= 4 is 5.91 Å². The number of carbonyl (C=O) groups is 1. The van der Waals surface area contributed by atoms with E-state index in [0.717, 1.165) is 16.7 Å². The monoisotopic (exact) mass is 379 g/mol. The SMILES string of the molecule is Cc1ccc2c(c1)-c1c(cc(C)c(C(=O)NCc3nnco3)c1O)OC2(C)C. The predicted octanol–water partition coefficient (Wildman–Crippen LogP) is 3.62. The molecule has 0 saturated heterocycles. The average molecular weight is 379 g/mol. The summed E-state index contributed by atoms with van der Waals surface area (Å²) in [7, 11) is 0. The number of hydrogen-bond acceptors (Lipinski definition) is 6. The second kappa shape index (κ2) is 6.37. The van der Waals surface area contributed by atoms with Crippen LogP contribution in [0.3, 0.4) is 0 Å². The Morgan fingerprint density at radius 1 is 1.25 bits per heavy atom. The van der Waals surface area contributed by atoms with Gasteiger partial charge in [-0.3, -0.25) is 4.79 Å². The molecule has 0 radical (unpaired) electrons. The molecule has 2 aromatic carbocycles. The predicted molar refractivity (Wildman–Crippen MR) is 102 cm³/mol. The Morgan fingerprint density at radius 2 is 2.04 bits per heavy atom. The summed E-state index contributed by atoms with van der Waals surface area (Å²) in [5.41, 5.74) is 3.70. The van der Waals surface area contributed by atoms with Crippen molar-refractivity contribution in [3.8, 4) is 22.6 Å². The van der Waals surface area contributed by atoms with Gasteiger partial charge in [0.25, 0.3) is 5.91 Å². The fraction of sp³-hybridized carbons (Fsp3) is 0.286. The Kier molecular flexibility index (Phi) is 4.10. The number of ether oxygens (including phenoxy) is 1. The molecule has 0 fully saturated rings. The zero-order valence-electron chi connectivity index (χ0n) is 16.2. The number of phenolic OH excluding ortho intramolecular Hbond substituents is 1. The number of hydrogen-bond donors (Lipinski definition) is 2. The number of nitrogens with zero attached hydrogens (tertiary/aromatic N) is 2. The normalized spacial score (nSPS) is 14.0. The van der Waals surface area contributed by atoms with Crippen molar-refractivity contribution in [1.29, 1.82) is 0 Å². The second-order valence-electron chi connectivity index (χ2n) is 7.47. The number of nitrogens with one attached hydrogen (secondary N) is 1. The van der Waals surface area contributed by atoms with Crippen LogP contribution < -0.4 is 10.1 Å². The molecule has 7 nitrogen and oxygen atoms in total. The quantitative estimate of drug-likeness (QED) is 0.721. The Hall–Kier alpha value is -3.35. The minimum absolute atomic E-state index is 0.0774. The molecule has 1 aromatic heterocycles. The summed E-state index contributed by atoms with van der Waals surface area (Å²) in [5.74, 6) is 0.330. The van der Waals surface area contributed by atoms with Crippen molar-refractivity contribution in [2.75, 3.05) is 0 Å². The first-order valence-corrected chi connectivity index (χ1v) is 8.98. The number of carbonyl (C=O) groups excluding carboxylic acids is 1. The van der Waals surface area contributed by atoms with Gasteiger partial charge in [-0.05, 0) is 44.9 Å². The highest BCUT2D eigenvalue weighted by Gasteiger charge is 2.36. The van der Waals surface area contributed by atoms with E-state index in [9.17, 15) is 9.90 Å². The topological polar surface area (TPSA) is 97.5 Å². The van der Waals surface area contributed by atoms with Crippen molar-refractivity contribution in [2.45, 2.75) is 39.8 Å². The number of benzene rings is 2. The third-order valence-electron chi connectivity index (χ3n) is 4.95. The van der Waals surface area contributed by atoms with Crippen LogP contribution in [0.1, 0.15) is 46.8 Å². The Labute approximate surface area is 162 Å². The van der Waals surface area contributed by atoms with Crippen LogP contribution in [0, 0.1) is 13.8 Å². The van der Waals surface area contributed by atoms with Gasteiger partial charge in [0.05, 0.1) is 17.7 Å². The van der Waals surface area contributed by atoms with Crippen LogP contribution in [-0.2, 0) is 12.1 Å². The van der Waals surface area contributed by atoms with E-state index < -0.39 is 11.5 Å². The molecule has 1 amide bonds. The number of amides is 1. The molecule has 144 valence electrons. The number of phenols is 1. The van der Waals surface area contributed by atoms with Crippen LogP contribution >= 0.6 is 0 Å². The van der Waals surface area contributed by atoms with Gasteiger partial charge in [0, 0.05) is 5.56 Å². The maximum atomic E-state index is 12.8. The van der Waals surface area contributed by atoms with Crippen LogP contribution in [0.5, 0.6) is 11.5 Å². The van der Waals surface area contributed by atoms with Gasteiger partial charge < -0.3 is 19.6 Å². The van der Waals surface area contributed by atoms with Crippen molar-refractivity contribution in [2.24, 2.45) is 0 Å². The number of aryl methyl sites for hydroxylation is 2. The fourth-order valence-corrected chi connectivity index (χ4v) is 3.63. The van der Waals surface area contributed by atoms with E-state index in [2.05, 4.69) is 15.5 Å². The molecule has 1 aliphatic heterocycles. The van der Waals surface area contributed by atoms with Gasteiger partial charge >= 0.3 is 0 Å². The Morgan fingerprint density at radius 3 is 2.75 bits per heavy atom. The highest BCUT2D eigenvalue weighted by atomic mass is 16.5. The molecule has 0 unspecified atom stereocenters. The summed E-state index contributed by atoms with van der Waals surface area (Å²) >= 11 is 0.